The summed E-state index contributed by atoms with van der Waals surface area (Å²) in [5, 5.41) is 3.24. The lowest BCUT2D eigenvalue weighted by atomic mass is 10.0. The van der Waals surface area contributed by atoms with Gasteiger partial charge in [0.25, 0.3) is 0 Å². The van der Waals surface area contributed by atoms with Gasteiger partial charge in [-0.3, -0.25) is 0 Å². The molecular weight excluding hydrogens is 215 g/mol. The van der Waals surface area contributed by atoms with Crippen LogP contribution >= 0.6 is 0 Å². The molecule has 1 unspecified atom stereocenters. The first-order chi connectivity index (χ1) is 8.13. The van der Waals surface area contributed by atoms with Crippen LogP contribution in [0.5, 0.6) is 0 Å². The Hall–Kier alpha value is -1.09. The maximum Gasteiger partial charge on any atom is 0.125 e. The zero-order valence-electron chi connectivity index (χ0n) is 10.8. The molecule has 0 saturated heterocycles. The topological polar surface area (TPSA) is 15.3 Å². The van der Waals surface area contributed by atoms with Gasteiger partial charge in [-0.1, -0.05) is 19.9 Å². The number of rotatable bonds is 4. The van der Waals surface area contributed by atoms with Gasteiger partial charge in [0.2, 0.25) is 0 Å². The molecule has 0 radical (unpaired) electrons. The minimum absolute atomic E-state index is 0.136. The van der Waals surface area contributed by atoms with Gasteiger partial charge in [-0.2, -0.15) is 0 Å². The molecule has 1 aromatic carbocycles. The SMILES string of the molecule is CNCC(C(C)C)N1CCc2ccc(F)cc21. The smallest absolute Gasteiger partial charge is 0.125 e. The number of likely N-dealkylation sites (N-methyl/N-ethyl adjacent to an activating group) is 1. The first-order valence-electron chi connectivity index (χ1n) is 6.33. The van der Waals surface area contributed by atoms with Crippen molar-refractivity contribution in [3.05, 3.63) is 29.6 Å². The number of benzene rings is 1. The predicted octanol–water partition coefficient (Wildman–Crippen LogP) is 2.43. The third kappa shape index (κ3) is 2.44. The molecule has 17 heavy (non-hydrogen) atoms. The van der Waals surface area contributed by atoms with Crippen molar-refractivity contribution < 1.29 is 4.39 Å². The summed E-state index contributed by atoms with van der Waals surface area (Å²) in [6, 6.07) is 5.59. The second-order valence-electron chi connectivity index (χ2n) is 5.09. The lowest BCUT2D eigenvalue weighted by Gasteiger charge is -2.33. The van der Waals surface area contributed by atoms with E-state index in [-0.39, 0.29) is 5.82 Å². The number of hydrogen-bond donors (Lipinski definition) is 1. The van der Waals surface area contributed by atoms with Crippen LogP contribution in [0.1, 0.15) is 19.4 Å². The second-order valence-corrected chi connectivity index (χ2v) is 5.09. The number of nitrogens with zero attached hydrogens (tertiary/aromatic N) is 1. The molecule has 1 N–H and O–H groups in total. The number of fused-ring (bicyclic) bond motifs is 1. The Bertz CT molecular complexity index is 390. The van der Waals surface area contributed by atoms with Crippen LogP contribution in [0.15, 0.2) is 18.2 Å². The van der Waals surface area contributed by atoms with Gasteiger partial charge >= 0.3 is 0 Å². The highest BCUT2D eigenvalue weighted by Gasteiger charge is 2.27. The molecule has 0 fully saturated rings. The van der Waals surface area contributed by atoms with Crippen LogP contribution in [-0.4, -0.2) is 26.2 Å². The summed E-state index contributed by atoms with van der Waals surface area (Å²) in [5.74, 6) is 0.416. The first kappa shape index (κ1) is 12.4. The van der Waals surface area contributed by atoms with Crippen LogP contribution in [0, 0.1) is 11.7 Å². The normalized spacial score (nSPS) is 16.4. The van der Waals surface area contributed by atoms with Gasteiger partial charge in [-0.05, 0) is 37.1 Å². The number of hydrogen-bond acceptors (Lipinski definition) is 2. The van der Waals surface area contributed by atoms with E-state index >= 15 is 0 Å². The van der Waals surface area contributed by atoms with Crippen molar-refractivity contribution >= 4 is 5.69 Å². The molecule has 1 heterocycles. The van der Waals surface area contributed by atoms with E-state index in [4.69, 9.17) is 0 Å². The lowest BCUT2D eigenvalue weighted by molar-refractivity contribution is 0.445. The molecule has 2 rings (SSSR count). The minimum Gasteiger partial charge on any atom is -0.366 e. The van der Waals surface area contributed by atoms with Gasteiger partial charge in [0, 0.05) is 24.8 Å². The van der Waals surface area contributed by atoms with Gasteiger partial charge in [0.15, 0.2) is 0 Å². The molecule has 94 valence electrons. The van der Waals surface area contributed by atoms with Crippen LogP contribution in [0.3, 0.4) is 0 Å². The largest absolute Gasteiger partial charge is 0.366 e. The van der Waals surface area contributed by atoms with E-state index < -0.39 is 0 Å². The molecule has 2 nitrogen and oxygen atoms in total. The van der Waals surface area contributed by atoms with Crippen molar-refractivity contribution in [2.24, 2.45) is 5.92 Å². The van der Waals surface area contributed by atoms with Crippen molar-refractivity contribution in [1.82, 2.24) is 5.32 Å². The molecule has 1 aliphatic rings. The quantitative estimate of drug-likeness (QED) is 0.863. The van der Waals surface area contributed by atoms with Crippen molar-refractivity contribution in [3.63, 3.8) is 0 Å². The molecule has 1 aliphatic heterocycles. The van der Waals surface area contributed by atoms with E-state index in [1.807, 2.05) is 13.1 Å². The molecule has 0 amide bonds. The predicted molar refractivity (Wildman–Crippen MR) is 70.0 cm³/mol. The fourth-order valence-corrected chi connectivity index (χ4v) is 2.64. The number of anilines is 1. The maximum atomic E-state index is 13.3. The zero-order chi connectivity index (χ0) is 12.4. The summed E-state index contributed by atoms with van der Waals surface area (Å²) >= 11 is 0. The highest BCUT2D eigenvalue weighted by atomic mass is 19.1. The summed E-state index contributed by atoms with van der Waals surface area (Å²) in [4.78, 5) is 2.35. The average molecular weight is 236 g/mol. The number of nitrogens with one attached hydrogen (secondary N) is 1. The fraction of sp³-hybridized carbons (Fsp3) is 0.571. The number of halogens is 1. The van der Waals surface area contributed by atoms with Gasteiger partial charge in [0.1, 0.15) is 5.82 Å². The van der Waals surface area contributed by atoms with Crippen LogP contribution in [-0.2, 0) is 6.42 Å². The summed E-state index contributed by atoms with van der Waals surface area (Å²) in [7, 11) is 1.97. The average Bonchev–Trinajstić information content (AvgIpc) is 2.68. The van der Waals surface area contributed by atoms with Crippen molar-refractivity contribution in [2.45, 2.75) is 26.3 Å². The van der Waals surface area contributed by atoms with Crippen molar-refractivity contribution in [3.8, 4) is 0 Å². The van der Waals surface area contributed by atoms with E-state index in [2.05, 4.69) is 24.1 Å². The highest BCUT2D eigenvalue weighted by molar-refractivity contribution is 5.59. The Morgan fingerprint density at radius 2 is 2.18 bits per heavy atom. The van der Waals surface area contributed by atoms with E-state index in [1.54, 1.807) is 12.1 Å². The second kappa shape index (κ2) is 5.05. The Labute approximate surface area is 103 Å². The van der Waals surface area contributed by atoms with Crippen LogP contribution in [0.2, 0.25) is 0 Å². The Morgan fingerprint density at radius 1 is 1.41 bits per heavy atom. The maximum absolute atomic E-state index is 13.3. The molecule has 0 aromatic heterocycles. The van der Waals surface area contributed by atoms with Gasteiger partial charge in [-0.25, -0.2) is 4.39 Å². The summed E-state index contributed by atoms with van der Waals surface area (Å²) in [5.41, 5.74) is 2.35. The summed E-state index contributed by atoms with van der Waals surface area (Å²) < 4.78 is 13.3. The Kier molecular flexibility index (Phi) is 3.67. The lowest BCUT2D eigenvalue weighted by Crippen LogP contribution is -2.44. The summed E-state index contributed by atoms with van der Waals surface area (Å²) in [6.07, 6.45) is 1.03. The van der Waals surface area contributed by atoms with Crippen LogP contribution in [0.25, 0.3) is 0 Å². The zero-order valence-corrected chi connectivity index (χ0v) is 10.8. The van der Waals surface area contributed by atoms with Crippen LogP contribution in [0.4, 0.5) is 10.1 Å². The molecular formula is C14H21FN2. The first-order valence-corrected chi connectivity index (χ1v) is 6.33. The standard InChI is InChI=1S/C14H21FN2/c1-10(2)14(9-16-3)17-7-6-11-4-5-12(15)8-13(11)17/h4-5,8,10,14,16H,6-7,9H2,1-3H3. The molecule has 1 aromatic rings. The Morgan fingerprint density at radius 3 is 2.82 bits per heavy atom. The molecule has 0 saturated carbocycles. The third-order valence-corrected chi connectivity index (χ3v) is 3.56. The summed E-state index contributed by atoms with van der Waals surface area (Å²) in [6.45, 7) is 6.38. The highest BCUT2D eigenvalue weighted by Crippen LogP contribution is 2.31. The van der Waals surface area contributed by atoms with E-state index in [1.165, 1.54) is 5.56 Å². The molecule has 0 aliphatic carbocycles. The van der Waals surface area contributed by atoms with Gasteiger partial charge in [0.05, 0.1) is 0 Å². The monoisotopic (exact) mass is 236 g/mol. The third-order valence-electron chi connectivity index (χ3n) is 3.56. The van der Waals surface area contributed by atoms with Crippen molar-refractivity contribution in [2.75, 3.05) is 25.0 Å². The van der Waals surface area contributed by atoms with Crippen molar-refractivity contribution in [1.29, 1.82) is 0 Å². The van der Waals surface area contributed by atoms with Gasteiger partial charge < -0.3 is 10.2 Å². The van der Waals surface area contributed by atoms with Gasteiger partial charge in [-0.15, -0.1) is 0 Å². The Balaban J connectivity index is 2.27. The van der Waals surface area contributed by atoms with E-state index in [0.717, 1.165) is 25.2 Å². The molecule has 3 heteroatoms. The molecule has 0 spiro atoms. The van der Waals surface area contributed by atoms with Crippen LogP contribution < -0.4 is 10.2 Å². The van der Waals surface area contributed by atoms with E-state index in [9.17, 15) is 4.39 Å². The fourth-order valence-electron chi connectivity index (χ4n) is 2.64. The minimum atomic E-state index is -0.136. The molecule has 0 bridgehead atoms. The van der Waals surface area contributed by atoms with E-state index in [0.29, 0.717) is 12.0 Å². The molecule has 1 atom stereocenters.